The molecule has 0 aliphatic carbocycles. The van der Waals surface area contributed by atoms with E-state index in [0.717, 1.165) is 11.1 Å². The SMILES string of the molecule is CC(NC(=O)NCC(C(=O)N1CCOCC1)c1ccccc1)C(C)(C)c1ccccc1. The number of hydrogen-bond acceptors (Lipinski definition) is 3. The molecule has 3 rings (SSSR count). The maximum Gasteiger partial charge on any atom is 0.315 e. The summed E-state index contributed by atoms with van der Waals surface area (Å²) in [6.07, 6.45) is 0. The largest absolute Gasteiger partial charge is 0.378 e. The van der Waals surface area contributed by atoms with E-state index < -0.39 is 5.92 Å². The minimum atomic E-state index is -0.428. The highest BCUT2D eigenvalue weighted by atomic mass is 16.5. The van der Waals surface area contributed by atoms with E-state index in [1.165, 1.54) is 0 Å². The molecule has 1 fully saturated rings. The van der Waals surface area contributed by atoms with Crippen molar-refractivity contribution in [2.45, 2.75) is 38.1 Å². The highest BCUT2D eigenvalue weighted by Crippen LogP contribution is 2.26. The topological polar surface area (TPSA) is 70.7 Å². The summed E-state index contributed by atoms with van der Waals surface area (Å²) >= 11 is 0. The molecule has 0 saturated carbocycles. The van der Waals surface area contributed by atoms with Crippen LogP contribution >= 0.6 is 0 Å². The van der Waals surface area contributed by atoms with Gasteiger partial charge in [0.05, 0.1) is 19.1 Å². The van der Waals surface area contributed by atoms with Gasteiger partial charge in [-0.15, -0.1) is 0 Å². The zero-order chi connectivity index (χ0) is 22.3. The molecule has 31 heavy (non-hydrogen) atoms. The molecule has 1 saturated heterocycles. The van der Waals surface area contributed by atoms with Gasteiger partial charge >= 0.3 is 6.03 Å². The Morgan fingerprint density at radius 1 is 1.00 bits per heavy atom. The molecular weight excluding hydrogens is 390 g/mol. The molecular formula is C25H33N3O3. The van der Waals surface area contributed by atoms with Crippen molar-refractivity contribution in [3.05, 3.63) is 71.8 Å². The Kier molecular flexibility index (Phi) is 7.69. The van der Waals surface area contributed by atoms with E-state index in [0.29, 0.717) is 26.3 Å². The van der Waals surface area contributed by atoms with E-state index >= 15 is 0 Å². The van der Waals surface area contributed by atoms with Crippen molar-refractivity contribution in [3.63, 3.8) is 0 Å². The van der Waals surface area contributed by atoms with Crippen LogP contribution in [0.5, 0.6) is 0 Å². The summed E-state index contributed by atoms with van der Waals surface area (Å²) in [7, 11) is 0. The number of carbonyl (C=O) groups is 2. The van der Waals surface area contributed by atoms with Gasteiger partial charge in [-0.25, -0.2) is 4.79 Å². The number of rotatable bonds is 7. The van der Waals surface area contributed by atoms with Crippen LogP contribution in [0.25, 0.3) is 0 Å². The summed E-state index contributed by atoms with van der Waals surface area (Å²) in [5, 5.41) is 5.98. The molecule has 3 amide bonds. The molecule has 1 aliphatic heterocycles. The number of benzene rings is 2. The molecule has 0 aromatic heterocycles. The number of ether oxygens (including phenoxy) is 1. The summed E-state index contributed by atoms with van der Waals surface area (Å²) < 4.78 is 5.37. The van der Waals surface area contributed by atoms with Crippen LogP contribution in [0.15, 0.2) is 60.7 Å². The van der Waals surface area contributed by atoms with Gasteiger partial charge in [-0.3, -0.25) is 4.79 Å². The molecule has 1 heterocycles. The zero-order valence-electron chi connectivity index (χ0n) is 18.6. The lowest BCUT2D eigenvalue weighted by molar-refractivity contribution is -0.136. The number of nitrogens with one attached hydrogen (secondary N) is 2. The van der Waals surface area contributed by atoms with Crippen LogP contribution in [0.3, 0.4) is 0 Å². The van der Waals surface area contributed by atoms with Crippen LogP contribution in [0.2, 0.25) is 0 Å². The van der Waals surface area contributed by atoms with Crippen molar-refractivity contribution in [3.8, 4) is 0 Å². The van der Waals surface area contributed by atoms with E-state index in [1.54, 1.807) is 0 Å². The molecule has 2 N–H and O–H groups in total. The summed E-state index contributed by atoms with van der Waals surface area (Å²) in [5.41, 5.74) is 1.82. The first-order valence-corrected chi connectivity index (χ1v) is 10.9. The summed E-state index contributed by atoms with van der Waals surface area (Å²) in [4.78, 5) is 27.7. The predicted molar refractivity (Wildman–Crippen MR) is 122 cm³/mol. The Morgan fingerprint density at radius 2 is 1.58 bits per heavy atom. The standard InChI is InChI=1S/C25H33N3O3/c1-19(25(2,3)21-12-8-5-9-13-21)27-24(30)26-18-22(20-10-6-4-7-11-20)23(29)28-14-16-31-17-15-28/h4-13,19,22H,14-18H2,1-3H3,(H2,26,27,30). The minimum Gasteiger partial charge on any atom is -0.378 e. The molecule has 0 spiro atoms. The zero-order valence-corrected chi connectivity index (χ0v) is 18.6. The maximum absolute atomic E-state index is 13.2. The van der Waals surface area contributed by atoms with Crippen LogP contribution in [-0.4, -0.2) is 55.7 Å². The lowest BCUT2D eigenvalue weighted by Crippen LogP contribution is -2.51. The molecule has 2 aromatic carbocycles. The van der Waals surface area contributed by atoms with Crippen molar-refractivity contribution in [2.75, 3.05) is 32.8 Å². The van der Waals surface area contributed by atoms with E-state index in [2.05, 4.69) is 36.6 Å². The number of carbonyl (C=O) groups excluding carboxylic acids is 2. The molecule has 1 aliphatic rings. The van der Waals surface area contributed by atoms with E-state index in [-0.39, 0.29) is 29.9 Å². The van der Waals surface area contributed by atoms with Crippen LogP contribution < -0.4 is 10.6 Å². The predicted octanol–water partition coefficient (Wildman–Crippen LogP) is 3.29. The maximum atomic E-state index is 13.2. The van der Waals surface area contributed by atoms with Gasteiger partial charge in [0.2, 0.25) is 5.91 Å². The molecule has 2 atom stereocenters. The van der Waals surface area contributed by atoms with Gasteiger partial charge in [-0.1, -0.05) is 74.5 Å². The molecule has 166 valence electrons. The smallest absolute Gasteiger partial charge is 0.315 e. The Labute approximate surface area is 185 Å². The molecule has 2 unspecified atom stereocenters. The Bertz CT molecular complexity index is 849. The molecule has 2 aromatic rings. The number of amides is 3. The summed E-state index contributed by atoms with van der Waals surface area (Å²) in [6, 6.07) is 19.4. The second-order valence-electron chi connectivity index (χ2n) is 8.56. The third-order valence-corrected chi connectivity index (χ3v) is 6.24. The highest BCUT2D eigenvalue weighted by molar-refractivity contribution is 5.85. The lowest BCUT2D eigenvalue weighted by Gasteiger charge is -2.33. The number of hydrogen-bond donors (Lipinski definition) is 2. The fourth-order valence-corrected chi connectivity index (χ4v) is 3.78. The van der Waals surface area contributed by atoms with Crippen molar-refractivity contribution < 1.29 is 14.3 Å². The Hall–Kier alpha value is -2.86. The molecule has 6 nitrogen and oxygen atoms in total. The first kappa shape index (κ1) is 22.8. The Balaban J connectivity index is 1.64. The van der Waals surface area contributed by atoms with Gasteiger partial charge in [0.1, 0.15) is 0 Å². The second-order valence-corrected chi connectivity index (χ2v) is 8.56. The fourth-order valence-electron chi connectivity index (χ4n) is 3.78. The van der Waals surface area contributed by atoms with Gasteiger partial charge < -0.3 is 20.3 Å². The summed E-state index contributed by atoms with van der Waals surface area (Å²) in [6.45, 7) is 8.72. The Morgan fingerprint density at radius 3 is 2.19 bits per heavy atom. The second kappa shape index (κ2) is 10.4. The lowest BCUT2D eigenvalue weighted by atomic mass is 9.78. The monoisotopic (exact) mass is 423 g/mol. The van der Waals surface area contributed by atoms with Gasteiger partial charge in [-0.2, -0.15) is 0 Å². The van der Waals surface area contributed by atoms with E-state index in [1.807, 2.05) is 60.4 Å². The quantitative estimate of drug-likeness (QED) is 0.718. The van der Waals surface area contributed by atoms with Gasteiger partial charge in [0, 0.05) is 31.1 Å². The number of urea groups is 1. The molecule has 6 heteroatoms. The van der Waals surface area contributed by atoms with Gasteiger partial charge in [0.15, 0.2) is 0 Å². The van der Waals surface area contributed by atoms with E-state index in [4.69, 9.17) is 4.74 Å². The average Bonchev–Trinajstić information content (AvgIpc) is 2.81. The van der Waals surface area contributed by atoms with Crippen LogP contribution in [0, 0.1) is 0 Å². The minimum absolute atomic E-state index is 0.0208. The third kappa shape index (κ3) is 5.85. The first-order valence-electron chi connectivity index (χ1n) is 10.9. The van der Waals surface area contributed by atoms with E-state index in [9.17, 15) is 9.59 Å². The van der Waals surface area contributed by atoms with Crippen LogP contribution in [-0.2, 0) is 14.9 Å². The fraction of sp³-hybridized carbons (Fsp3) is 0.440. The molecule has 0 radical (unpaired) electrons. The van der Waals surface area contributed by atoms with Crippen molar-refractivity contribution >= 4 is 11.9 Å². The normalized spacial score (nSPS) is 16.3. The number of nitrogens with zero attached hydrogens (tertiary/aromatic N) is 1. The first-order chi connectivity index (χ1) is 14.9. The number of morpholine rings is 1. The van der Waals surface area contributed by atoms with Crippen molar-refractivity contribution in [2.24, 2.45) is 0 Å². The van der Waals surface area contributed by atoms with Gasteiger partial charge in [-0.05, 0) is 18.1 Å². The van der Waals surface area contributed by atoms with Crippen LogP contribution in [0.1, 0.15) is 37.8 Å². The highest BCUT2D eigenvalue weighted by Gasteiger charge is 2.30. The average molecular weight is 424 g/mol. The van der Waals surface area contributed by atoms with Crippen molar-refractivity contribution in [1.29, 1.82) is 0 Å². The molecule has 0 bridgehead atoms. The van der Waals surface area contributed by atoms with Gasteiger partial charge in [0.25, 0.3) is 0 Å². The van der Waals surface area contributed by atoms with Crippen LogP contribution in [0.4, 0.5) is 4.79 Å². The van der Waals surface area contributed by atoms with Crippen molar-refractivity contribution in [1.82, 2.24) is 15.5 Å². The third-order valence-electron chi connectivity index (χ3n) is 6.24. The summed E-state index contributed by atoms with van der Waals surface area (Å²) in [5.74, 6) is -0.407.